The Balaban J connectivity index is 1.66. The highest BCUT2D eigenvalue weighted by atomic mass is 16.1. The van der Waals surface area contributed by atoms with Gasteiger partial charge in [0.25, 0.3) is 5.56 Å². The van der Waals surface area contributed by atoms with Crippen LogP contribution < -0.4 is 10.9 Å². The van der Waals surface area contributed by atoms with Crippen LogP contribution in [0.25, 0.3) is 21.7 Å². The fourth-order valence-corrected chi connectivity index (χ4v) is 3.07. The van der Waals surface area contributed by atoms with Crippen molar-refractivity contribution in [3.05, 3.63) is 82.4 Å². The molecule has 2 N–H and O–H groups in total. The lowest BCUT2D eigenvalue weighted by Crippen LogP contribution is -2.07. The van der Waals surface area contributed by atoms with Crippen LogP contribution in [0, 0.1) is 0 Å². The lowest BCUT2D eigenvalue weighted by atomic mass is 10.0. The van der Waals surface area contributed by atoms with E-state index in [9.17, 15) is 9.59 Å². The average Bonchev–Trinajstić information content (AvgIpc) is 2.66. The third kappa shape index (κ3) is 2.95. The van der Waals surface area contributed by atoms with Crippen molar-refractivity contribution in [2.75, 3.05) is 5.32 Å². The van der Waals surface area contributed by atoms with Crippen molar-refractivity contribution >= 4 is 33.1 Å². The molecule has 1 heterocycles. The SMILES string of the molecule is CC(=O)c1ccc(NCc2ccc3ccc4nc[nH]c(=O)c4c3c2)cc1. The van der Waals surface area contributed by atoms with E-state index in [1.165, 1.54) is 6.33 Å². The number of carbonyl (C=O) groups is 1. The first-order valence-electron chi connectivity index (χ1n) is 8.36. The number of hydrogen-bond acceptors (Lipinski definition) is 4. The van der Waals surface area contributed by atoms with Crippen molar-refractivity contribution < 1.29 is 4.79 Å². The number of hydrogen-bond donors (Lipinski definition) is 2. The van der Waals surface area contributed by atoms with Crippen LogP contribution in [-0.4, -0.2) is 15.8 Å². The number of aromatic nitrogens is 2. The first-order chi connectivity index (χ1) is 12.6. The zero-order valence-electron chi connectivity index (χ0n) is 14.2. The van der Waals surface area contributed by atoms with Gasteiger partial charge in [0.15, 0.2) is 5.78 Å². The predicted octanol–water partition coefficient (Wildman–Crippen LogP) is 3.89. The second-order valence-electron chi connectivity index (χ2n) is 6.23. The molecular formula is C21H17N3O2. The molecule has 0 saturated carbocycles. The minimum atomic E-state index is -0.134. The molecule has 0 amide bonds. The van der Waals surface area contributed by atoms with Crippen molar-refractivity contribution in [1.82, 2.24) is 9.97 Å². The zero-order valence-corrected chi connectivity index (χ0v) is 14.2. The van der Waals surface area contributed by atoms with E-state index < -0.39 is 0 Å². The van der Waals surface area contributed by atoms with Gasteiger partial charge in [-0.25, -0.2) is 4.98 Å². The third-order valence-electron chi connectivity index (χ3n) is 4.48. The van der Waals surface area contributed by atoms with E-state index in [0.29, 0.717) is 23.0 Å². The second kappa shape index (κ2) is 6.44. The minimum Gasteiger partial charge on any atom is -0.381 e. The van der Waals surface area contributed by atoms with Gasteiger partial charge >= 0.3 is 0 Å². The highest BCUT2D eigenvalue weighted by molar-refractivity contribution is 6.05. The van der Waals surface area contributed by atoms with Gasteiger partial charge in [0.05, 0.1) is 17.2 Å². The van der Waals surface area contributed by atoms with Crippen LogP contribution in [-0.2, 0) is 6.54 Å². The van der Waals surface area contributed by atoms with Crippen LogP contribution in [0.5, 0.6) is 0 Å². The molecule has 0 radical (unpaired) electrons. The predicted molar refractivity (Wildman–Crippen MR) is 104 cm³/mol. The Morgan fingerprint density at radius 1 is 1.08 bits per heavy atom. The number of ketones is 1. The number of nitrogens with one attached hydrogen (secondary N) is 2. The summed E-state index contributed by atoms with van der Waals surface area (Å²) in [5.41, 5.74) is 3.24. The van der Waals surface area contributed by atoms with Crippen LogP contribution in [0.2, 0.25) is 0 Å². The maximum atomic E-state index is 12.2. The summed E-state index contributed by atoms with van der Waals surface area (Å²) in [5.74, 6) is 0.0526. The Bertz CT molecular complexity index is 1180. The zero-order chi connectivity index (χ0) is 18.1. The van der Waals surface area contributed by atoms with E-state index in [2.05, 4.69) is 15.3 Å². The maximum Gasteiger partial charge on any atom is 0.259 e. The van der Waals surface area contributed by atoms with Crippen molar-refractivity contribution in [1.29, 1.82) is 0 Å². The molecule has 3 aromatic carbocycles. The number of benzene rings is 3. The van der Waals surface area contributed by atoms with Gasteiger partial charge in [-0.05, 0) is 59.7 Å². The Hall–Kier alpha value is -3.47. The number of carbonyl (C=O) groups excluding carboxylic acids is 1. The summed E-state index contributed by atoms with van der Waals surface area (Å²) in [6.07, 6.45) is 1.42. The number of rotatable bonds is 4. The third-order valence-corrected chi connectivity index (χ3v) is 4.48. The summed E-state index contributed by atoms with van der Waals surface area (Å²) in [4.78, 5) is 30.5. The molecule has 1 aromatic heterocycles. The standard InChI is InChI=1S/C21H17N3O2/c1-13(25)15-4-7-17(8-5-15)22-11-14-2-3-16-6-9-19-20(18(16)10-14)21(26)24-12-23-19/h2-10,12,22H,11H2,1H3,(H,23,24,26). The molecule has 4 rings (SSSR count). The normalized spacial score (nSPS) is 11.0. The van der Waals surface area contributed by atoms with Gasteiger partial charge in [-0.2, -0.15) is 0 Å². The molecule has 0 aliphatic heterocycles. The number of fused-ring (bicyclic) bond motifs is 3. The molecule has 5 heteroatoms. The Labute approximate surface area is 149 Å². The summed E-state index contributed by atoms with van der Waals surface area (Å²) >= 11 is 0. The highest BCUT2D eigenvalue weighted by Gasteiger charge is 2.06. The lowest BCUT2D eigenvalue weighted by Gasteiger charge is -2.09. The van der Waals surface area contributed by atoms with Gasteiger partial charge in [0.1, 0.15) is 0 Å². The largest absolute Gasteiger partial charge is 0.381 e. The summed E-state index contributed by atoms with van der Waals surface area (Å²) in [7, 11) is 0. The fourth-order valence-electron chi connectivity index (χ4n) is 3.07. The molecule has 0 unspecified atom stereocenters. The van der Waals surface area contributed by atoms with Gasteiger partial charge in [0.2, 0.25) is 0 Å². The van der Waals surface area contributed by atoms with Gasteiger partial charge in [-0.15, -0.1) is 0 Å². The molecular weight excluding hydrogens is 326 g/mol. The molecule has 0 bridgehead atoms. The van der Waals surface area contributed by atoms with Crippen LogP contribution in [0.15, 0.2) is 65.7 Å². The van der Waals surface area contributed by atoms with E-state index >= 15 is 0 Å². The molecule has 0 fully saturated rings. The molecule has 0 aliphatic rings. The fraction of sp³-hybridized carbons (Fsp3) is 0.0952. The van der Waals surface area contributed by atoms with E-state index in [1.807, 2.05) is 54.6 Å². The Morgan fingerprint density at radius 2 is 1.85 bits per heavy atom. The lowest BCUT2D eigenvalue weighted by molar-refractivity contribution is 0.101. The van der Waals surface area contributed by atoms with Crippen LogP contribution in [0.4, 0.5) is 5.69 Å². The van der Waals surface area contributed by atoms with Crippen molar-refractivity contribution in [2.24, 2.45) is 0 Å². The molecule has 0 atom stereocenters. The van der Waals surface area contributed by atoms with E-state index in [-0.39, 0.29) is 11.3 Å². The number of Topliss-reactive ketones (excluding diaryl/α,β-unsaturated/α-hetero) is 1. The number of aromatic amines is 1. The number of anilines is 1. The Kier molecular flexibility index (Phi) is 3.97. The first-order valence-corrected chi connectivity index (χ1v) is 8.36. The van der Waals surface area contributed by atoms with Gasteiger partial charge in [-0.3, -0.25) is 9.59 Å². The maximum absolute atomic E-state index is 12.2. The molecule has 128 valence electrons. The summed E-state index contributed by atoms with van der Waals surface area (Å²) in [6, 6.07) is 17.3. The quantitative estimate of drug-likeness (QED) is 0.435. The summed E-state index contributed by atoms with van der Waals surface area (Å²) in [5, 5.41) is 5.85. The van der Waals surface area contributed by atoms with Crippen LogP contribution >= 0.6 is 0 Å². The number of H-pyrrole nitrogens is 1. The molecule has 0 spiro atoms. The summed E-state index contributed by atoms with van der Waals surface area (Å²) < 4.78 is 0. The van der Waals surface area contributed by atoms with Crippen molar-refractivity contribution in [2.45, 2.75) is 13.5 Å². The van der Waals surface area contributed by atoms with Crippen LogP contribution in [0.1, 0.15) is 22.8 Å². The Morgan fingerprint density at radius 3 is 2.62 bits per heavy atom. The molecule has 0 saturated heterocycles. The monoisotopic (exact) mass is 343 g/mol. The van der Waals surface area contributed by atoms with Crippen LogP contribution in [0.3, 0.4) is 0 Å². The smallest absolute Gasteiger partial charge is 0.259 e. The molecule has 4 aromatic rings. The van der Waals surface area contributed by atoms with E-state index in [0.717, 1.165) is 22.0 Å². The van der Waals surface area contributed by atoms with E-state index in [4.69, 9.17) is 0 Å². The topological polar surface area (TPSA) is 74.8 Å². The van der Waals surface area contributed by atoms with E-state index in [1.54, 1.807) is 6.92 Å². The molecule has 5 nitrogen and oxygen atoms in total. The van der Waals surface area contributed by atoms with Crippen molar-refractivity contribution in [3.8, 4) is 0 Å². The minimum absolute atomic E-state index is 0.0526. The average molecular weight is 343 g/mol. The highest BCUT2D eigenvalue weighted by Crippen LogP contribution is 2.23. The molecule has 26 heavy (non-hydrogen) atoms. The second-order valence-corrected chi connectivity index (χ2v) is 6.23. The number of nitrogens with zero attached hydrogens (tertiary/aromatic N) is 1. The van der Waals surface area contributed by atoms with Gasteiger partial charge in [0, 0.05) is 17.8 Å². The van der Waals surface area contributed by atoms with Crippen molar-refractivity contribution in [3.63, 3.8) is 0 Å². The first kappa shape index (κ1) is 16.0. The molecule has 0 aliphatic carbocycles. The van der Waals surface area contributed by atoms with Gasteiger partial charge < -0.3 is 10.3 Å². The van der Waals surface area contributed by atoms with Gasteiger partial charge in [-0.1, -0.05) is 18.2 Å². The summed E-state index contributed by atoms with van der Waals surface area (Å²) in [6.45, 7) is 2.17.